The van der Waals surface area contributed by atoms with E-state index in [0.717, 1.165) is 6.07 Å². The lowest BCUT2D eigenvalue weighted by atomic mass is 9.94. The summed E-state index contributed by atoms with van der Waals surface area (Å²) in [4.78, 5) is 39.4. The van der Waals surface area contributed by atoms with E-state index >= 15 is 0 Å². The van der Waals surface area contributed by atoms with Gasteiger partial charge in [0.05, 0.1) is 16.5 Å². The van der Waals surface area contributed by atoms with Gasteiger partial charge in [0.2, 0.25) is 0 Å². The van der Waals surface area contributed by atoms with Crippen molar-refractivity contribution in [3.05, 3.63) is 80.7 Å². The van der Waals surface area contributed by atoms with E-state index in [2.05, 4.69) is 0 Å². The first-order valence-corrected chi connectivity index (χ1v) is 9.56. The van der Waals surface area contributed by atoms with E-state index in [1.54, 1.807) is 27.1 Å². The van der Waals surface area contributed by atoms with Crippen LogP contribution >= 0.6 is 0 Å². The molecule has 1 fully saturated rings. The van der Waals surface area contributed by atoms with E-state index in [1.807, 2.05) is 4.90 Å². The largest absolute Gasteiger partial charge is 0.507 e. The molecule has 2 aromatic carbocycles. The number of halogens is 1. The highest BCUT2D eigenvalue weighted by Crippen LogP contribution is 2.40. The van der Waals surface area contributed by atoms with Crippen LogP contribution in [0.4, 0.5) is 10.1 Å². The van der Waals surface area contributed by atoms with Crippen molar-refractivity contribution in [1.82, 2.24) is 9.80 Å². The highest BCUT2D eigenvalue weighted by Gasteiger charge is 2.46. The lowest BCUT2D eigenvalue weighted by Crippen LogP contribution is -2.35. The third-order valence-corrected chi connectivity index (χ3v) is 5.17. The predicted molar refractivity (Wildman–Crippen MR) is 112 cm³/mol. The molecule has 1 amide bonds. The molecule has 0 spiro atoms. The van der Waals surface area contributed by atoms with Crippen LogP contribution in [0.3, 0.4) is 0 Å². The molecule has 31 heavy (non-hydrogen) atoms. The summed E-state index contributed by atoms with van der Waals surface area (Å²) >= 11 is 0. The number of hydrogen-bond acceptors (Lipinski definition) is 6. The Bertz CT molecular complexity index is 1100. The Morgan fingerprint density at radius 1 is 1.23 bits per heavy atom. The molecule has 1 atom stereocenters. The Kier molecular flexibility index (Phi) is 6.16. The third kappa shape index (κ3) is 4.31. The molecule has 162 valence electrons. The molecule has 0 radical (unpaired) electrons. The van der Waals surface area contributed by atoms with Crippen molar-refractivity contribution < 1.29 is 24.0 Å². The maximum absolute atomic E-state index is 14.1. The first kappa shape index (κ1) is 22.1. The fraction of sp³-hybridized carbons (Fsp3) is 0.273. The first-order valence-electron chi connectivity index (χ1n) is 9.56. The minimum Gasteiger partial charge on any atom is -0.507 e. The van der Waals surface area contributed by atoms with Crippen molar-refractivity contribution in [2.45, 2.75) is 13.0 Å². The number of carbonyl (C=O) groups is 2. The van der Waals surface area contributed by atoms with Crippen LogP contribution in [0.25, 0.3) is 5.76 Å². The molecule has 1 aliphatic heterocycles. The number of hydrogen-bond donors (Lipinski definition) is 1. The molecule has 1 saturated heterocycles. The highest BCUT2D eigenvalue weighted by molar-refractivity contribution is 6.46. The number of ketones is 1. The van der Waals surface area contributed by atoms with E-state index < -0.39 is 34.2 Å². The lowest BCUT2D eigenvalue weighted by molar-refractivity contribution is -0.384. The Hall–Kier alpha value is -3.59. The summed E-state index contributed by atoms with van der Waals surface area (Å²) in [6.45, 7) is 2.14. The van der Waals surface area contributed by atoms with Gasteiger partial charge in [-0.3, -0.25) is 19.7 Å². The van der Waals surface area contributed by atoms with Crippen LogP contribution in [0.5, 0.6) is 0 Å². The van der Waals surface area contributed by atoms with Gasteiger partial charge in [0.25, 0.3) is 17.4 Å². The summed E-state index contributed by atoms with van der Waals surface area (Å²) < 4.78 is 14.1. The molecule has 2 aromatic rings. The van der Waals surface area contributed by atoms with Crippen molar-refractivity contribution >= 4 is 23.1 Å². The quantitative estimate of drug-likeness (QED) is 0.250. The number of amides is 1. The third-order valence-electron chi connectivity index (χ3n) is 5.17. The summed E-state index contributed by atoms with van der Waals surface area (Å²) in [6, 6.07) is 8.51. The lowest BCUT2D eigenvalue weighted by Gasteiger charge is -2.26. The number of carbonyl (C=O) groups excluding carboxylic acids is 2. The van der Waals surface area contributed by atoms with Crippen molar-refractivity contribution in [2.24, 2.45) is 0 Å². The van der Waals surface area contributed by atoms with Crippen molar-refractivity contribution in [1.29, 1.82) is 0 Å². The summed E-state index contributed by atoms with van der Waals surface area (Å²) in [7, 11) is 3.60. The monoisotopic (exact) mass is 427 g/mol. The molecule has 0 saturated carbocycles. The molecule has 9 heteroatoms. The standard InChI is InChI=1S/C22H22FN3O5/c1-13-7-8-15(12-17(13)23)20(27)18-19(14-5-4-6-16(11-14)26(30)31)25(10-9-24(2)3)22(29)21(18)28/h4-8,11-12,19,27H,9-10H2,1-3H3/b20-18-. The average molecular weight is 427 g/mol. The molecule has 1 heterocycles. The second-order valence-electron chi connectivity index (χ2n) is 7.61. The molecule has 8 nitrogen and oxygen atoms in total. The zero-order valence-corrected chi connectivity index (χ0v) is 17.3. The van der Waals surface area contributed by atoms with Crippen LogP contribution < -0.4 is 0 Å². The van der Waals surface area contributed by atoms with Crippen LogP contribution in [0.15, 0.2) is 48.0 Å². The van der Waals surface area contributed by atoms with Crippen LogP contribution in [0, 0.1) is 22.9 Å². The summed E-state index contributed by atoms with van der Waals surface area (Å²) in [6.07, 6.45) is 0. The fourth-order valence-electron chi connectivity index (χ4n) is 3.47. The van der Waals surface area contributed by atoms with E-state index in [1.165, 1.54) is 35.2 Å². The van der Waals surface area contributed by atoms with Gasteiger partial charge in [-0.05, 0) is 38.2 Å². The van der Waals surface area contributed by atoms with E-state index in [9.17, 15) is 29.2 Å². The zero-order chi connectivity index (χ0) is 22.9. The van der Waals surface area contributed by atoms with Gasteiger partial charge >= 0.3 is 0 Å². The second-order valence-corrected chi connectivity index (χ2v) is 7.61. The normalized spacial score (nSPS) is 18.1. The van der Waals surface area contributed by atoms with Gasteiger partial charge in [0.1, 0.15) is 11.6 Å². The smallest absolute Gasteiger partial charge is 0.295 e. The first-order chi connectivity index (χ1) is 14.6. The highest BCUT2D eigenvalue weighted by atomic mass is 19.1. The number of likely N-dealkylation sites (N-methyl/N-ethyl adjacent to an activating group) is 1. The molecular weight excluding hydrogens is 405 g/mol. The average Bonchev–Trinajstić information content (AvgIpc) is 2.98. The predicted octanol–water partition coefficient (Wildman–Crippen LogP) is 3.03. The van der Waals surface area contributed by atoms with Gasteiger partial charge in [-0.2, -0.15) is 0 Å². The minimum atomic E-state index is -1.04. The number of Topliss-reactive ketones (excluding diaryl/α,β-unsaturated/α-hetero) is 1. The number of nitro groups is 1. The van der Waals surface area contributed by atoms with E-state index in [-0.39, 0.29) is 23.4 Å². The van der Waals surface area contributed by atoms with E-state index in [4.69, 9.17) is 0 Å². The molecular formula is C22H22FN3O5. The number of benzene rings is 2. The van der Waals surface area contributed by atoms with Crippen LogP contribution in [-0.4, -0.2) is 58.7 Å². The minimum absolute atomic E-state index is 0.0455. The Morgan fingerprint density at radius 3 is 2.55 bits per heavy atom. The van der Waals surface area contributed by atoms with Crippen molar-refractivity contribution in [3.63, 3.8) is 0 Å². The van der Waals surface area contributed by atoms with Gasteiger partial charge < -0.3 is 14.9 Å². The number of likely N-dealkylation sites (tertiary alicyclic amines) is 1. The van der Waals surface area contributed by atoms with Gasteiger partial charge in [-0.15, -0.1) is 0 Å². The maximum atomic E-state index is 14.1. The molecule has 1 N–H and O–H groups in total. The van der Waals surface area contributed by atoms with Crippen LogP contribution in [0.2, 0.25) is 0 Å². The number of aliphatic hydroxyl groups is 1. The van der Waals surface area contributed by atoms with Crippen molar-refractivity contribution in [3.8, 4) is 0 Å². The van der Waals surface area contributed by atoms with Gasteiger partial charge in [-0.25, -0.2) is 4.39 Å². The molecule has 3 rings (SSSR count). The van der Waals surface area contributed by atoms with Gasteiger partial charge in [0, 0.05) is 30.8 Å². The fourth-order valence-corrected chi connectivity index (χ4v) is 3.47. The van der Waals surface area contributed by atoms with Gasteiger partial charge in [0.15, 0.2) is 0 Å². The topological polar surface area (TPSA) is 104 Å². The van der Waals surface area contributed by atoms with Crippen LogP contribution in [0.1, 0.15) is 22.7 Å². The summed E-state index contributed by atoms with van der Waals surface area (Å²) in [5.74, 6) is -2.85. The number of rotatable bonds is 6. The molecule has 0 aromatic heterocycles. The number of nitro benzene ring substituents is 1. The van der Waals surface area contributed by atoms with Gasteiger partial charge in [-0.1, -0.05) is 24.3 Å². The Morgan fingerprint density at radius 2 is 1.94 bits per heavy atom. The maximum Gasteiger partial charge on any atom is 0.295 e. The number of non-ortho nitro benzene ring substituents is 1. The Labute approximate surface area is 178 Å². The van der Waals surface area contributed by atoms with Crippen LogP contribution in [-0.2, 0) is 9.59 Å². The number of aryl methyl sites for hydroxylation is 1. The van der Waals surface area contributed by atoms with E-state index in [0.29, 0.717) is 17.7 Å². The number of aliphatic hydroxyl groups excluding tert-OH is 1. The molecule has 1 aliphatic rings. The summed E-state index contributed by atoms with van der Waals surface area (Å²) in [5.41, 5.74) is 0.272. The molecule has 0 aliphatic carbocycles. The second kappa shape index (κ2) is 8.65. The van der Waals surface area contributed by atoms with Crippen molar-refractivity contribution in [2.75, 3.05) is 27.2 Å². The molecule has 1 unspecified atom stereocenters. The summed E-state index contributed by atoms with van der Waals surface area (Å²) in [5, 5.41) is 22.1. The Balaban J connectivity index is 2.20. The zero-order valence-electron chi connectivity index (χ0n) is 17.3. The molecule has 0 bridgehead atoms. The SMILES string of the molecule is Cc1ccc(/C(O)=C2/C(=O)C(=O)N(CCN(C)C)C2c2cccc([N+](=O)[O-])c2)cc1F. The number of nitrogens with zero attached hydrogens (tertiary/aromatic N) is 3.